The van der Waals surface area contributed by atoms with E-state index in [-0.39, 0.29) is 24.0 Å². The van der Waals surface area contributed by atoms with Crippen molar-refractivity contribution >= 4 is 25.8 Å². The Kier molecular flexibility index (Phi) is 6.22. The number of halogens is 3. The van der Waals surface area contributed by atoms with Crippen molar-refractivity contribution in [3.8, 4) is 0 Å². The van der Waals surface area contributed by atoms with Crippen LogP contribution in [-0.2, 0) is 30.8 Å². The van der Waals surface area contributed by atoms with Crippen LogP contribution >= 0.6 is 0 Å². The second kappa shape index (κ2) is 7.76. The lowest BCUT2D eigenvalue weighted by Gasteiger charge is -2.18. The molecule has 1 heterocycles. The van der Waals surface area contributed by atoms with E-state index in [2.05, 4.69) is 5.32 Å². The van der Waals surface area contributed by atoms with Crippen LogP contribution in [0.2, 0.25) is 0 Å². The summed E-state index contributed by atoms with van der Waals surface area (Å²) in [4.78, 5) is 11.1. The van der Waals surface area contributed by atoms with Crippen molar-refractivity contribution < 1.29 is 34.8 Å². The predicted octanol–water partition coefficient (Wildman–Crippen LogP) is 0.923. The lowest BCUT2D eigenvalue weighted by Crippen LogP contribution is -2.46. The van der Waals surface area contributed by atoms with Gasteiger partial charge in [-0.15, -0.1) is 0 Å². The number of rotatable bonds is 6. The third-order valence-electron chi connectivity index (χ3n) is 4.10. The molecule has 152 valence electrons. The highest BCUT2D eigenvalue weighted by Gasteiger charge is 2.37. The monoisotopic (exact) mass is 428 g/mol. The maximum Gasteiger partial charge on any atom is 0.417 e. The van der Waals surface area contributed by atoms with E-state index in [0.29, 0.717) is 12.5 Å². The molecule has 7 nitrogen and oxygen atoms in total. The van der Waals surface area contributed by atoms with E-state index in [1.165, 1.54) is 6.92 Å². The Morgan fingerprint density at radius 2 is 1.93 bits per heavy atom. The molecular weight excluding hydrogens is 409 g/mol. The summed E-state index contributed by atoms with van der Waals surface area (Å²) < 4.78 is 88.3. The zero-order valence-electron chi connectivity index (χ0n) is 14.3. The highest BCUT2D eigenvalue weighted by molar-refractivity contribution is 7.91. The minimum absolute atomic E-state index is 0.0317. The molecular formula is C15H19F3N2O5S2. The molecule has 0 aliphatic carbocycles. The van der Waals surface area contributed by atoms with Crippen molar-refractivity contribution in [2.24, 2.45) is 5.92 Å². The normalized spacial score (nSPS) is 21.0. The number of alkyl halides is 3. The van der Waals surface area contributed by atoms with Gasteiger partial charge in [-0.25, -0.2) is 16.8 Å². The third kappa shape index (κ3) is 5.66. The predicted molar refractivity (Wildman–Crippen MR) is 91.0 cm³/mol. The summed E-state index contributed by atoms with van der Waals surface area (Å²) in [7, 11) is -7.72. The number of benzene rings is 1. The van der Waals surface area contributed by atoms with Crippen LogP contribution in [0.4, 0.5) is 13.2 Å². The lowest BCUT2D eigenvalue weighted by atomic mass is 10.1. The van der Waals surface area contributed by atoms with Crippen LogP contribution < -0.4 is 10.0 Å². The molecule has 0 saturated carbocycles. The van der Waals surface area contributed by atoms with Gasteiger partial charge in [0.25, 0.3) is 0 Å². The van der Waals surface area contributed by atoms with Crippen LogP contribution in [-0.4, -0.2) is 46.8 Å². The molecule has 1 aliphatic rings. The summed E-state index contributed by atoms with van der Waals surface area (Å²) in [6.45, 7) is 1.23. The fourth-order valence-electron chi connectivity index (χ4n) is 2.72. The molecule has 0 radical (unpaired) electrons. The average molecular weight is 428 g/mol. The molecule has 27 heavy (non-hydrogen) atoms. The van der Waals surface area contributed by atoms with E-state index >= 15 is 0 Å². The van der Waals surface area contributed by atoms with Gasteiger partial charge in [0.05, 0.1) is 28.0 Å². The summed E-state index contributed by atoms with van der Waals surface area (Å²) in [5, 5.41) is 2.43. The Labute approximate surface area is 155 Å². The van der Waals surface area contributed by atoms with E-state index in [9.17, 15) is 34.8 Å². The van der Waals surface area contributed by atoms with E-state index < -0.39 is 48.4 Å². The van der Waals surface area contributed by atoms with Gasteiger partial charge in [0.2, 0.25) is 15.9 Å². The van der Waals surface area contributed by atoms with Gasteiger partial charge in [-0.3, -0.25) is 4.79 Å². The minimum atomic E-state index is -4.87. The molecule has 0 aromatic heterocycles. The van der Waals surface area contributed by atoms with Crippen molar-refractivity contribution in [2.45, 2.75) is 30.5 Å². The topological polar surface area (TPSA) is 109 Å². The van der Waals surface area contributed by atoms with Crippen molar-refractivity contribution in [3.05, 3.63) is 29.8 Å². The van der Waals surface area contributed by atoms with Crippen molar-refractivity contribution in [1.29, 1.82) is 0 Å². The van der Waals surface area contributed by atoms with Crippen molar-refractivity contribution in [3.63, 3.8) is 0 Å². The summed E-state index contributed by atoms with van der Waals surface area (Å²) in [6.07, 6.45) is -4.48. The highest BCUT2D eigenvalue weighted by Crippen LogP contribution is 2.33. The standard InChI is InChI=1S/C15H19F3N2O5S2/c1-10(14(21)19-8-11-6-7-26(22,23)9-11)20-27(24,25)13-5-3-2-4-12(13)15(16,17)18/h2-5,10-11,20H,6-9H2,1H3,(H,19,21)/t10-,11?/m0/s1. The molecule has 0 spiro atoms. The zero-order valence-corrected chi connectivity index (χ0v) is 15.9. The first-order valence-corrected chi connectivity index (χ1v) is 11.3. The van der Waals surface area contributed by atoms with Gasteiger partial charge in [0.15, 0.2) is 9.84 Å². The van der Waals surface area contributed by atoms with Crippen LogP contribution in [0.25, 0.3) is 0 Å². The second-order valence-corrected chi connectivity index (χ2v) is 10.3. The Balaban J connectivity index is 2.04. The number of hydrogen-bond donors (Lipinski definition) is 2. The van der Waals surface area contributed by atoms with Gasteiger partial charge in [0.1, 0.15) is 0 Å². The van der Waals surface area contributed by atoms with Gasteiger partial charge in [-0.1, -0.05) is 12.1 Å². The maximum absolute atomic E-state index is 13.0. The minimum Gasteiger partial charge on any atom is -0.354 e. The fraction of sp³-hybridized carbons (Fsp3) is 0.533. The smallest absolute Gasteiger partial charge is 0.354 e. The molecule has 2 N–H and O–H groups in total. The van der Waals surface area contributed by atoms with Crippen LogP contribution in [0.5, 0.6) is 0 Å². The SMILES string of the molecule is C[C@H](NS(=O)(=O)c1ccccc1C(F)(F)F)C(=O)NCC1CCS(=O)(=O)C1. The largest absolute Gasteiger partial charge is 0.417 e. The van der Waals surface area contributed by atoms with Gasteiger partial charge < -0.3 is 5.32 Å². The summed E-state index contributed by atoms with van der Waals surface area (Å²) in [6, 6.07) is 2.32. The quantitative estimate of drug-likeness (QED) is 0.700. The molecule has 0 bridgehead atoms. The zero-order chi connectivity index (χ0) is 20.5. The van der Waals surface area contributed by atoms with E-state index in [0.717, 1.165) is 18.2 Å². The number of sulfonamides is 1. The summed E-state index contributed by atoms with van der Waals surface area (Å²) in [5.41, 5.74) is -1.33. The Bertz CT molecular complexity index is 914. The molecule has 12 heteroatoms. The lowest BCUT2D eigenvalue weighted by molar-refractivity contribution is -0.139. The van der Waals surface area contributed by atoms with E-state index in [1.54, 1.807) is 0 Å². The number of nitrogens with one attached hydrogen (secondary N) is 2. The molecule has 1 unspecified atom stereocenters. The van der Waals surface area contributed by atoms with Crippen molar-refractivity contribution in [1.82, 2.24) is 10.0 Å². The molecule has 1 amide bonds. The van der Waals surface area contributed by atoms with Gasteiger partial charge in [0, 0.05) is 6.54 Å². The summed E-state index contributed by atoms with van der Waals surface area (Å²) in [5.74, 6) is -1.06. The Morgan fingerprint density at radius 3 is 2.48 bits per heavy atom. The molecule has 2 atom stereocenters. The molecule has 1 aromatic rings. The number of carbonyl (C=O) groups excluding carboxylic acids is 1. The fourth-order valence-corrected chi connectivity index (χ4v) is 6.01. The molecule has 2 rings (SSSR count). The molecule has 1 aromatic carbocycles. The molecule has 1 aliphatic heterocycles. The summed E-state index contributed by atoms with van der Waals surface area (Å²) >= 11 is 0. The average Bonchev–Trinajstić information content (AvgIpc) is 2.90. The first-order valence-electron chi connectivity index (χ1n) is 7.98. The molecule has 1 fully saturated rings. The van der Waals surface area contributed by atoms with Gasteiger partial charge in [-0.2, -0.15) is 17.9 Å². The number of amides is 1. The van der Waals surface area contributed by atoms with Gasteiger partial charge in [-0.05, 0) is 31.4 Å². The first-order chi connectivity index (χ1) is 12.3. The number of hydrogen-bond acceptors (Lipinski definition) is 5. The van der Waals surface area contributed by atoms with E-state index in [4.69, 9.17) is 0 Å². The van der Waals surface area contributed by atoms with Gasteiger partial charge >= 0.3 is 6.18 Å². The van der Waals surface area contributed by atoms with Crippen molar-refractivity contribution in [2.75, 3.05) is 18.1 Å². The third-order valence-corrected chi connectivity index (χ3v) is 7.53. The Morgan fingerprint density at radius 1 is 1.30 bits per heavy atom. The highest BCUT2D eigenvalue weighted by atomic mass is 32.2. The first kappa shape index (κ1) is 21.6. The van der Waals surface area contributed by atoms with Crippen LogP contribution in [0.3, 0.4) is 0 Å². The van der Waals surface area contributed by atoms with Crippen LogP contribution in [0.15, 0.2) is 29.2 Å². The van der Waals surface area contributed by atoms with Crippen LogP contribution in [0.1, 0.15) is 18.9 Å². The Hall–Kier alpha value is -1.66. The number of sulfone groups is 1. The maximum atomic E-state index is 13.0. The molecule has 1 saturated heterocycles. The van der Waals surface area contributed by atoms with Crippen LogP contribution in [0, 0.1) is 5.92 Å². The van der Waals surface area contributed by atoms with E-state index in [1.807, 2.05) is 4.72 Å². The second-order valence-electron chi connectivity index (χ2n) is 6.35. The number of carbonyl (C=O) groups is 1.